The van der Waals surface area contributed by atoms with E-state index in [1.54, 1.807) is 13.0 Å². The minimum atomic E-state index is -0.418. The summed E-state index contributed by atoms with van der Waals surface area (Å²) in [6.45, 7) is 4.11. The Morgan fingerprint density at radius 2 is 2.20 bits per heavy atom. The molecule has 104 valence electrons. The van der Waals surface area contributed by atoms with E-state index in [9.17, 15) is 4.79 Å². The van der Waals surface area contributed by atoms with Gasteiger partial charge < -0.3 is 10.5 Å². The summed E-state index contributed by atoms with van der Waals surface area (Å²) in [6.07, 6.45) is 1.49. The summed E-state index contributed by atoms with van der Waals surface area (Å²) in [7, 11) is 0. The van der Waals surface area contributed by atoms with Gasteiger partial charge in [-0.3, -0.25) is 0 Å². The molecule has 2 N–H and O–H groups in total. The van der Waals surface area contributed by atoms with Crippen LogP contribution in [0.5, 0.6) is 0 Å². The summed E-state index contributed by atoms with van der Waals surface area (Å²) in [4.78, 5) is 17.1. The Hall–Kier alpha value is -2.01. The van der Waals surface area contributed by atoms with E-state index in [-0.39, 0.29) is 0 Å². The van der Waals surface area contributed by atoms with E-state index in [0.29, 0.717) is 22.9 Å². The third-order valence-corrected chi connectivity index (χ3v) is 3.54. The molecule has 0 amide bonds. The Morgan fingerprint density at radius 3 is 2.90 bits per heavy atom. The molecule has 0 unspecified atom stereocenters. The van der Waals surface area contributed by atoms with Crippen LogP contribution >= 0.6 is 11.8 Å². The van der Waals surface area contributed by atoms with Crippen molar-refractivity contribution in [2.45, 2.75) is 23.8 Å². The molecule has 0 bridgehead atoms. The maximum atomic E-state index is 11.8. The van der Waals surface area contributed by atoms with Gasteiger partial charge in [0, 0.05) is 4.90 Å². The largest absolute Gasteiger partial charge is 0.462 e. The van der Waals surface area contributed by atoms with Gasteiger partial charge in [-0.2, -0.15) is 0 Å². The van der Waals surface area contributed by atoms with Gasteiger partial charge in [0.1, 0.15) is 5.03 Å². The van der Waals surface area contributed by atoms with Crippen LogP contribution in [0.1, 0.15) is 22.8 Å². The summed E-state index contributed by atoms with van der Waals surface area (Å²) < 4.78 is 4.98. The van der Waals surface area contributed by atoms with Crippen molar-refractivity contribution in [1.82, 2.24) is 4.98 Å². The number of nitrogens with two attached hydrogens (primary N) is 1. The van der Waals surface area contributed by atoms with Crippen LogP contribution in [-0.2, 0) is 4.74 Å². The fourth-order valence-electron chi connectivity index (χ4n) is 1.69. The number of hydrogen-bond donors (Lipinski definition) is 1. The third kappa shape index (κ3) is 3.51. The lowest BCUT2D eigenvalue weighted by Gasteiger charge is -2.07. The number of rotatable bonds is 4. The number of benzene rings is 1. The van der Waals surface area contributed by atoms with Crippen molar-refractivity contribution in [2.75, 3.05) is 12.3 Å². The zero-order valence-corrected chi connectivity index (χ0v) is 12.2. The van der Waals surface area contributed by atoms with Gasteiger partial charge in [-0.1, -0.05) is 29.5 Å². The first-order valence-corrected chi connectivity index (χ1v) is 7.09. The Balaban J connectivity index is 2.25. The van der Waals surface area contributed by atoms with Gasteiger partial charge in [0.25, 0.3) is 0 Å². The fraction of sp³-hybridized carbons (Fsp3) is 0.200. The molecule has 2 aromatic rings. The molecule has 0 aliphatic carbocycles. The molecule has 1 aromatic heterocycles. The highest BCUT2D eigenvalue weighted by Crippen LogP contribution is 2.28. The number of nitrogen functional groups attached to an aromatic ring is 1. The third-order valence-electron chi connectivity index (χ3n) is 2.62. The SMILES string of the molecule is CCOC(=O)c1cc(Sc2cccc(C)c2)ncc1N. The van der Waals surface area contributed by atoms with Crippen molar-refractivity contribution >= 4 is 23.4 Å². The van der Waals surface area contributed by atoms with E-state index in [1.807, 2.05) is 25.1 Å². The molecule has 0 aliphatic rings. The van der Waals surface area contributed by atoms with Gasteiger partial charge in [-0.05, 0) is 32.0 Å². The second kappa shape index (κ2) is 6.43. The monoisotopic (exact) mass is 288 g/mol. The van der Waals surface area contributed by atoms with Crippen molar-refractivity contribution in [2.24, 2.45) is 0 Å². The lowest BCUT2D eigenvalue weighted by atomic mass is 10.2. The number of carbonyl (C=O) groups is 1. The molecule has 2 rings (SSSR count). The predicted octanol–water partition coefficient (Wildman–Crippen LogP) is 3.30. The molecule has 0 atom stereocenters. The molecule has 4 nitrogen and oxygen atoms in total. The highest BCUT2D eigenvalue weighted by molar-refractivity contribution is 7.99. The molecule has 0 saturated carbocycles. The number of carbonyl (C=O) groups excluding carboxylic acids is 1. The molecule has 20 heavy (non-hydrogen) atoms. The first-order chi connectivity index (χ1) is 9.60. The van der Waals surface area contributed by atoms with Crippen LogP contribution in [0, 0.1) is 6.92 Å². The van der Waals surface area contributed by atoms with E-state index in [1.165, 1.54) is 23.5 Å². The average molecular weight is 288 g/mol. The Morgan fingerprint density at radius 1 is 1.40 bits per heavy atom. The Kier molecular flexibility index (Phi) is 4.63. The first kappa shape index (κ1) is 14.4. The van der Waals surface area contributed by atoms with Gasteiger partial charge in [0.2, 0.25) is 0 Å². The van der Waals surface area contributed by atoms with Gasteiger partial charge in [0.05, 0.1) is 24.1 Å². The van der Waals surface area contributed by atoms with Crippen LogP contribution in [0.3, 0.4) is 0 Å². The van der Waals surface area contributed by atoms with Crippen LogP contribution in [-0.4, -0.2) is 17.6 Å². The molecule has 1 heterocycles. The van der Waals surface area contributed by atoms with Crippen LogP contribution in [0.4, 0.5) is 5.69 Å². The van der Waals surface area contributed by atoms with Crippen LogP contribution in [0.25, 0.3) is 0 Å². The van der Waals surface area contributed by atoms with Crippen LogP contribution < -0.4 is 5.73 Å². The first-order valence-electron chi connectivity index (χ1n) is 6.27. The maximum Gasteiger partial charge on any atom is 0.340 e. The van der Waals surface area contributed by atoms with Crippen molar-refractivity contribution in [3.05, 3.63) is 47.7 Å². The molecule has 0 saturated heterocycles. The number of aromatic nitrogens is 1. The van der Waals surface area contributed by atoms with Crippen LogP contribution in [0.15, 0.2) is 46.5 Å². The lowest BCUT2D eigenvalue weighted by Crippen LogP contribution is -2.08. The quantitative estimate of drug-likeness (QED) is 0.874. The molecule has 5 heteroatoms. The topological polar surface area (TPSA) is 65.2 Å². The molecule has 0 aliphatic heterocycles. The number of ether oxygens (including phenoxy) is 1. The Bertz CT molecular complexity index is 629. The second-order valence-corrected chi connectivity index (χ2v) is 5.34. The maximum absolute atomic E-state index is 11.8. The summed E-state index contributed by atoms with van der Waals surface area (Å²) in [6, 6.07) is 9.75. The van der Waals surface area contributed by atoms with E-state index in [2.05, 4.69) is 11.1 Å². The highest BCUT2D eigenvalue weighted by atomic mass is 32.2. The summed E-state index contributed by atoms with van der Waals surface area (Å²) in [5.74, 6) is -0.418. The molecule has 0 spiro atoms. The normalized spacial score (nSPS) is 10.3. The summed E-state index contributed by atoms with van der Waals surface area (Å²) in [5.41, 5.74) is 7.63. The molecule has 1 aromatic carbocycles. The van der Waals surface area contributed by atoms with Crippen molar-refractivity contribution in [3.8, 4) is 0 Å². The van der Waals surface area contributed by atoms with Gasteiger partial charge in [-0.25, -0.2) is 9.78 Å². The number of esters is 1. The minimum absolute atomic E-state index is 0.320. The highest BCUT2D eigenvalue weighted by Gasteiger charge is 2.13. The van der Waals surface area contributed by atoms with E-state index in [4.69, 9.17) is 10.5 Å². The average Bonchev–Trinajstić information content (AvgIpc) is 2.41. The zero-order chi connectivity index (χ0) is 14.5. The smallest absolute Gasteiger partial charge is 0.340 e. The van der Waals surface area contributed by atoms with E-state index in [0.717, 1.165) is 4.90 Å². The van der Waals surface area contributed by atoms with Gasteiger partial charge >= 0.3 is 5.97 Å². The molecule has 0 fully saturated rings. The van der Waals surface area contributed by atoms with E-state index >= 15 is 0 Å². The standard InChI is InChI=1S/C15H16N2O2S/c1-3-19-15(18)12-8-14(17-9-13(12)16)20-11-6-4-5-10(2)7-11/h4-9H,3,16H2,1-2H3. The predicted molar refractivity (Wildman–Crippen MR) is 79.9 cm³/mol. The van der Waals surface area contributed by atoms with Crippen molar-refractivity contribution in [1.29, 1.82) is 0 Å². The van der Waals surface area contributed by atoms with E-state index < -0.39 is 5.97 Å². The Labute approximate surface area is 122 Å². The number of hydrogen-bond acceptors (Lipinski definition) is 5. The molecular formula is C15H16N2O2S. The fourth-order valence-corrected chi connectivity index (χ4v) is 2.60. The number of anilines is 1. The minimum Gasteiger partial charge on any atom is -0.462 e. The number of nitrogens with zero attached hydrogens (tertiary/aromatic N) is 1. The lowest BCUT2D eigenvalue weighted by molar-refractivity contribution is 0.0527. The van der Waals surface area contributed by atoms with Gasteiger partial charge in [-0.15, -0.1) is 0 Å². The number of pyridine rings is 1. The number of aryl methyl sites for hydroxylation is 1. The zero-order valence-electron chi connectivity index (χ0n) is 11.4. The summed E-state index contributed by atoms with van der Waals surface area (Å²) >= 11 is 1.49. The van der Waals surface area contributed by atoms with Gasteiger partial charge in [0.15, 0.2) is 0 Å². The summed E-state index contributed by atoms with van der Waals surface area (Å²) in [5, 5.41) is 0.716. The molecule has 0 radical (unpaired) electrons. The van der Waals surface area contributed by atoms with Crippen LogP contribution in [0.2, 0.25) is 0 Å². The van der Waals surface area contributed by atoms with Crippen molar-refractivity contribution in [3.63, 3.8) is 0 Å². The molecular weight excluding hydrogens is 272 g/mol. The van der Waals surface area contributed by atoms with Crippen molar-refractivity contribution < 1.29 is 9.53 Å². The second-order valence-electron chi connectivity index (χ2n) is 4.25.